The minimum Gasteiger partial charge on any atom is -0.504 e. The van der Waals surface area contributed by atoms with Crippen LogP contribution in [0, 0.1) is 22.7 Å². The molecule has 1 unspecified atom stereocenters. The van der Waals surface area contributed by atoms with Gasteiger partial charge in [0, 0.05) is 17.9 Å². The third-order valence-electron chi connectivity index (χ3n) is 6.19. The summed E-state index contributed by atoms with van der Waals surface area (Å²) < 4.78 is 5.16. The van der Waals surface area contributed by atoms with Crippen LogP contribution in [0.3, 0.4) is 0 Å². The summed E-state index contributed by atoms with van der Waals surface area (Å²) in [6.07, 6.45) is 9.68. The Balaban J connectivity index is 2.00. The summed E-state index contributed by atoms with van der Waals surface area (Å²) in [6, 6.07) is 0. The molecule has 130 valence electrons. The van der Waals surface area contributed by atoms with E-state index >= 15 is 0 Å². The Morgan fingerprint density at radius 3 is 2.54 bits per heavy atom. The Kier molecular flexibility index (Phi) is 3.97. The number of carbonyl (C=O) groups is 2. The molecule has 4 atom stereocenters. The first-order valence-electron chi connectivity index (χ1n) is 8.68. The van der Waals surface area contributed by atoms with Crippen LogP contribution < -0.4 is 0 Å². The molecule has 0 aromatic carbocycles. The highest BCUT2D eigenvalue weighted by Crippen LogP contribution is 2.59. The van der Waals surface area contributed by atoms with Crippen LogP contribution in [0.4, 0.5) is 0 Å². The Morgan fingerprint density at radius 2 is 1.92 bits per heavy atom. The summed E-state index contributed by atoms with van der Waals surface area (Å²) in [4.78, 5) is 24.0. The number of carbonyl (C=O) groups excluding carboxylic acids is 2. The van der Waals surface area contributed by atoms with Crippen LogP contribution in [0.2, 0.25) is 0 Å². The van der Waals surface area contributed by atoms with Crippen molar-refractivity contribution in [2.45, 2.75) is 53.1 Å². The highest BCUT2D eigenvalue weighted by atomic mass is 16.5. The van der Waals surface area contributed by atoms with Gasteiger partial charge >= 0.3 is 5.97 Å². The van der Waals surface area contributed by atoms with Crippen LogP contribution in [0.1, 0.15) is 47.0 Å². The molecule has 24 heavy (non-hydrogen) atoms. The number of allylic oxidation sites excluding steroid dienone is 3. The predicted octanol–water partition coefficient (Wildman–Crippen LogP) is 3.89. The summed E-state index contributed by atoms with van der Waals surface area (Å²) in [5, 5.41) is 10.4. The number of hydrogen-bond donors (Lipinski definition) is 1. The minimum absolute atomic E-state index is 0.0347. The lowest BCUT2D eigenvalue weighted by molar-refractivity contribution is -0.139. The molecule has 0 radical (unpaired) electrons. The average molecular weight is 330 g/mol. The third-order valence-corrected chi connectivity index (χ3v) is 6.19. The highest BCUT2D eigenvalue weighted by Gasteiger charge is 2.57. The van der Waals surface area contributed by atoms with Gasteiger partial charge in [0.1, 0.15) is 6.10 Å². The molecule has 3 aliphatic rings. The van der Waals surface area contributed by atoms with Gasteiger partial charge in [0.2, 0.25) is 5.78 Å². The van der Waals surface area contributed by atoms with Gasteiger partial charge in [0.05, 0.1) is 0 Å². The standard InChI is InChI=1S/C20H26O4/c1-12-14(8-6-13-7-9-15(21)24-13)20(4)11-5-10-19(2,3)18(20)17(23)16(12)22/h6-9,13-14,18,22H,5,10-11H2,1-4H3/b8-6+/t13?,14-,18-,20+/m0/s1. The second-order valence-corrected chi connectivity index (χ2v) is 8.30. The number of cyclic esters (lactones) is 1. The maximum absolute atomic E-state index is 12.8. The number of aliphatic hydroxyl groups excluding tert-OH is 1. The summed E-state index contributed by atoms with van der Waals surface area (Å²) in [7, 11) is 0. The number of ketones is 1. The minimum atomic E-state index is -0.358. The molecule has 1 N–H and O–H groups in total. The van der Waals surface area contributed by atoms with Crippen molar-refractivity contribution in [1.29, 1.82) is 0 Å². The first-order chi connectivity index (χ1) is 11.2. The van der Waals surface area contributed by atoms with E-state index in [1.54, 1.807) is 6.08 Å². The molecule has 0 aromatic rings. The molecular weight excluding hydrogens is 304 g/mol. The van der Waals surface area contributed by atoms with E-state index in [4.69, 9.17) is 4.74 Å². The van der Waals surface area contributed by atoms with Gasteiger partial charge in [0.25, 0.3) is 0 Å². The van der Waals surface area contributed by atoms with Crippen molar-refractivity contribution < 1.29 is 19.4 Å². The van der Waals surface area contributed by atoms with E-state index in [2.05, 4.69) is 20.8 Å². The monoisotopic (exact) mass is 330 g/mol. The molecule has 4 heteroatoms. The predicted molar refractivity (Wildman–Crippen MR) is 91.2 cm³/mol. The van der Waals surface area contributed by atoms with Gasteiger partial charge < -0.3 is 9.84 Å². The zero-order valence-electron chi connectivity index (χ0n) is 14.8. The summed E-state index contributed by atoms with van der Waals surface area (Å²) in [5.41, 5.74) is 0.365. The number of Topliss-reactive ketones (excluding diaryl/α,β-unsaturated/α-hetero) is 1. The molecule has 1 aliphatic heterocycles. The molecule has 0 amide bonds. The van der Waals surface area contributed by atoms with Crippen molar-refractivity contribution in [2.75, 3.05) is 0 Å². The first-order valence-corrected chi connectivity index (χ1v) is 8.68. The molecular formula is C20H26O4. The van der Waals surface area contributed by atoms with Crippen molar-refractivity contribution in [3.05, 3.63) is 35.6 Å². The summed E-state index contributed by atoms with van der Waals surface area (Å²) >= 11 is 0. The molecule has 1 saturated carbocycles. The SMILES string of the molecule is CC1=C(O)C(=O)[C@H]2C(C)(C)CCC[C@]2(C)[C@H]1/C=C/C1C=CC(=O)O1. The summed E-state index contributed by atoms with van der Waals surface area (Å²) in [5.74, 6) is -0.759. The number of hydrogen-bond acceptors (Lipinski definition) is 4. The molecule has 0 bridgehead atoms. The number of fused-ring (bicyclic) bond motifs is 1. The lowest BCUT2D eigenvalue weighted by Gasteiger charge is -2.55. The van der Waals surface area contributed by atoms with Crippen molar-refractivity contribution in [3.63, 3.8) is 0 Å². The number of aliphatic hydroxyl groups is 1. The normalized spacial score (nSPS) is 38.6. The average Bonchev–Trinajstić information content (AvgIpc) is 2.89. The topological polar surface area (TPSA) is 63.6 Å². The van der Waals surface area contributed by atoms with E-state index < -0.39 is 0 Å². The van der Waals surface area contributed by atoms with Gasteiger partial charge in [-0.25, -0.2) is 4.79 Å². The zero-order chi connectivity index (χ0) is 17.7. The van der Waals surface area contributed by atoms with Gasteiger partial charge in [0.15, 0.2) is 5.76 Å². The molecule has 2 aliphatic carbocycles. The van der Waals surface area contributed by atoms with E-state index in [1.165, 1.54) is 6.08 Å². The zero-order valence-corrected chi connectivity index (χ0v) is 14.8. The molecule has 1 heterocycles. The molecule has 0 aromatic heterocycles. The molecule has 0 spiro atoms. The fourth-order valence-electron chi connectivity index (χ4n) is 5.14. The lowest BCUT2D eigenvalue weighted by atomic mass is 9.48. The number of esters is 1. The number of rotatable bonds is 2. The van der Waals surface area contributed by atoms with Crippen molar-refractivity contribution in [3.8, 4) is 0 Å². The van der Waals surface area contributed by atoms with Gasteiger partial charge in [-0.05, 0) is 48.3 Å². The van der Waals surface area contributed by atoms with Crippen LogP contribution in [-0.4, -0.2) is 23.0 Å². The Labute approximate surface area is 143 Å². The van der Waals surface area contributed by atoms with Crippen LogP contribution in [0.15, 0.2) is 35.6 Å². The van der Waals surface area contributed by atoms with E-state index in [0.29, 0.717) is 0 Å². The number of ether oxygens (including phenoxy) is 1. The quantitative estimate of drug-likeness (QED) is 0.616. The second kappa shape index (κ2) is 5.61. The van der Waals surface area contributed by atoms with Crippen molar-refractivity contribution in [1.82, 2.24) is 0 Å². The molecule has 1 fully saturated rings. The first kappa shape index (κ1) is 17.0. The van der Waals surface area contributed by atoms with Gasteiger partial charge in [-0.3, -0.25) is 4.79 Å². The van der Waals surface area contributed by atoms with E-state index in [-0.39, 0.29) is 46.3 Å². The smallest absolute Gasteiger partial charge is 0.331 e. The lowest BCUT2D eigenvalue weighted by Crippen LogP contribution is -2.53. The fraction of sp³-hybridized carbons (Fsp3) is 0.600. The van der Waals surface area contributed by atoms with Crippen LogP contribution in [-0.2, 0) is 14.3 Å². The van der Waals surface area contributed by atoms with E-state index in [0.717, 1.165) is 24.8 Å². The third kappa shape index (κ3) is 2.52. The summed E-state index contributed by atoms with van der Waals surface area (Å²) in [6.45, 7) is 8.26. The van der Waals surface area contributed by atoms with Crippen LogP contribution in [0.25, 0.3) is 0 Å². The maximum Gasteiger partial charge on any atom is 0.331 e. The van der Waals surface area contributed by atoms with E-state index in [1.807, 2.05) is 19.1 Å². The molecule has 0 saturated heterocycles. The molecule has 3 rings (SSSR count). The highest BCUT2D eigenvalue weighted by molar-refractivity contribution is 5.98. The Bertz CT molecular complexity index is 667. The maximum atomic E-state index is 12.8. The van der Waals surface area contributed by atoms with Crippen molar-refractivity contribution in [2.24, 2.45) is 22.7 Å². The van der Waals surface area contributed by atoms with E-state index in [9.17, 15) is 14.7 Å². The molecule has 4 nitrogen and oxygen atoms in total. The van der Waals surface area contributed by atoms with Gasteiger partial charge in [-0.2, -0.15) is 0 Å². The Hall–Kier alpha value is -1.84. The van der Waals surface area contributed by atoms with Gasteiger partial charge in [-0.1, -0.05) is 33.3 Å². The van der Waals surface area contributed by atoms with Crippen LogP contribution >= 0.6 is 0 Å². The largest absolute Gasteiger partial charge is 0.504 e. The van der Waals surface area contributed by atoms with Crippen LogP contribution in [0.5, 0.6) is 0 Å². The Morgan fingerprint density at radius 1 is 1.21 bits per heavy atom. The second-order valence-electron chi connectivity index (χ2n) is 8.30. The fourth-order valence-corrected chi connectivity index (χ4v) is 5.14. The van der Waals surface area contributed by atoms with Gasteiger partial charge in [-0.15, -0.1) is 0 Å². The van der Waals surface area contributed by atoms with Crippen molar-refractivity contribution >= 4 is 11.8 Å².